The summed E-state index contributed by atoms with van der Waals surface area (Å²) in [7, 11) is 0. The lowest BCUT2D eigenvalue weighted by atomic mass is 10.1. The first-order valence-corrected chi connectivity index (χ1v) is 9.96. The number of hydrogen-bond acceptors (Lipinski definition) is 6. The van der Waals surface area contributed by atoms with Crippen LogP contribution in [0.15, 0.2) is 64.9 Å². The van der Waals surface area contributed by atoms with Gasteiger partial charge in [-0.1, -0.05) is 30.3 Å². The smallest absolute Gasteiger partial charge is 0.275 e. The number of nitrogens with zero attached hydrogens (tertiary/aromatic N) is 3. The lowest BCUT2D eigenvalue weighted by Gasteiger charge is -2.05. The van der Waals surface area contributed by atoms with Crippen LogP contribution in [0.3, 0.4) is 0 Å². The quantitative estimate of drug-likeness (QED) is 0.517. The fraction of sp³-hybridized carbons (Fsp3) is 0.0952. The molecule has 0 aliphatic heterocycles. The molecule has 150 valence electrons. The molecule has 4 aromatic rings. The van der Waals surface area contributed by atoms with E-state index in [1.54, 1.807) is 36.5 Å². The molecule has 30 heavy (non-hydrogen) atoms. The van der Waals surface area contributed by atoms with Crippen molar-refractivity contribution >= 4 is 44.7 Å². The minimum atomic E-state index is -0.387. The number of benzene rings is 2. The number of carbonyl (C=O) groups is 2. The summed E-state index contributed by atoms with van der Waals surface area (Å²) in [6.07, 6.45) is 1.57. The summed E-state index contributed by atoms with van der Waals surface area (Å²) in [5.74, 6) is -0.525. The van der Waals surface area contributed by atoms with E-state index in [0.29, 0.717) is 21.9 Å². The number of nitrogens with one attached hydrogen (secondary N) is 2. The zero-order chi connectivity index (χ0) is 21.1. The van der Waals surface area contributed by atoms with Gasteiger partial charge in [-0.15, -0.1) is 11.3 Å². The first-order chi connectivity index (χ1) is 14.5. The Bertz CT molecular complexity index is 1290. The van der Waals surface area contributed by atoms with Gasteiger partial charge in [0.05, 0.1) is 17.3 Å². The van der Waals surface area contributed by atoms with Crippen molar-refractivity contribution in [3.63, 3.8) is 0 Å². The van der Waals surface area contributed by atoms with Crippen molar-refractivity contribution in [3.8, 4) is 11.3 Å². The van der Waals surface area contributed by atoms with E-state index in [2.05, 4.69) is 20.7 Å². The fourth-order valence-corrected chi connectivity index (χ4v) is 3.66. The molecule has 0 unspecified atom stereocenters. The molecule has 0 atom stereocenters. The summed E-state index contributed by atoms with van der Waals surface area (Å²) < 4.78 is 1.13. The SMILES string of the molecule is CC(=O)Nc1ccc(-c2csc(NC(=O)Cn3ncc4ccccc4c3=O)n2)cc1. The maximum absolute atomic E-state index is 12.5. The van der Waals surface area contributed by atoms with E-state index in [0.717, 1.165) is 15.6 Å². The molecule has 2 amide bonds. The first-order valence-electron chi connectivity index (χ1n) is 9.08. The summed E-state index contributed by atoms with van der Waals surface area (Å²) in [6.45, 7) is 1.24. The molecule has 8 nitrogen and oxygen atoms in total. The topological polar surface area (TPSA) is 106 Å². The van der Waals surface area contributed by atoms with E-state index in [1.165, 1.54) is 18.3 Å². The van der Waals surface area contributed by atoms with Crippen molar-refractivity contribution in [1.82, 2.24) is 14.8 Å². The number of hydrogen-bond donors (Lipinski definition) is 2. The van der Waals surface area contributed by atoms with E-state index < -0.39 is 0 Å². The van der Waals surface area contributed by atoms with Crippen LogP contribution in [0.5, 0.6) is 0 Å². The third kappa shape index (κ3) is 4.26. The summed E-state index contributed by atoms with van der Waals surface area (Å²) in [6, 6.07) is 14.3. The summed E-state index contributed by atoms with van der Waals surface area (Å²) in [5, 5.41) is 13.0. The Labute approximate surface area is 175 Å². The Kier molecular flexibility index (Phi) is 5.36. The molecule has 0 bridgehead atoms. The molecule has 2 aromatic heterocycles. The molecule has 0 saturated heterocycles. The number of anilines is 2. The van der Waals surface area contributed by atoms with Crippen LogP contribution >= 0.6 is 11.3 Å². The van der Waals surface area contributed by atoms with Crippen LogP contribution in [0.1, 0.15) is 6.92 Å². The molecule has 2 N–H and O–H groups in total. The molecule has 0 saturated carbocycles. The van der Waals surface area contributed by atoms with Gasteiger partial charge in [0.2, 0.25) is 11.8 Å². The molecule has 0 fully saturated rings. The predicted molar refractivity (Wildman–Crippen MR) is 116 cm³/mol. The average Bonchev–Trinajstić information content (AvgIpc) is 3.19. The van der Waals surface area contributed by atoms with E-state index in [4.69, 9.17) is 0 Å². The third-order valence-corrected chi connectivity index (χ3v) is 5.06. The number of rotatable bonds is 5. The molecule has 2 heterocycles. The van der Waals surface area contributed by atoms with Gasteiger partial charge in [0.25, 0.3) is 5.56 Å². The van der Waals surface area contributed by atoms with Gasteiger partial charge in [0.15, 0.2) is 5.13 Å². The van der Waals surface area contributed by atoms with Crippen LogP contribution in [0, 0.1) is 0 Å². The third-order valence-electron chi connectivity index (χ3n) is 4.31. The van der Waals surface area contributed by atoms with Gasteiger partial charge in [-0.25, -0.2) is 9.67 Å². The Morgan fingerprint density at radius 2 is 1.83 bits per heavy atom. The molecule has 9 heteroatoms. The number of amides is 2. The molecule has 4 rings (SSSR count). The minimum absolute atomic E-state index is 0.138. The van der Waals surface area contributed by atoms with Crippen LogP contribution in [-0.4, -0.2) is 26.6 Å². The number of fused-ring (bicyclic) bond motifs is 1. The zero-order valence-electron chi connectivity index (χ0n) is 16.0. The highest BCUT2D eigenvalue weighted by molar-refractivity contribution is 7.14. The van der Waals surface area contributed by atoms with E-state index in [-0.39, 0.29) is 23.9 Å². The number of aromatic nitrogens is 3. The van der Waals surface area contributed by atoms with Crippen LogP contribution < -0.4 is 16.2 Å². The van der Waals surface area contributed by atoms with Gasteiger partial charge in [-0.2, -0.15) is 5.10 Å². The van der Waals surface area contributed by atoms with Crippen LogP contribution in [0.25, 0.3) is 22.0 Å². The standard InChI is InChI=1S/C21H17N5O3S/c1-13(27)23-16-8-6-14(7-9-16)18-12-30-21(24-18)25-19(28)11-26-20(29)17-5-3-2-4-15(17)10-22-26/h2-10,12H,11H2,1H3,(H,23,27)(H,24,25,28). The van der Waals surface area contributed by atoms with Crippen molar-refractivity contribution in [2.24, 2.45) is 0 Å². The minimum Gasteiger partial charge on any atom is -0.326 e. The Balaban J connectivity index is 1.45. The summed E-state index contributed by atoms with van der Waals surface area (Å²) >= 11 is 1.28. The van der Waals surface area contributed by atoms with E-state index in [9.17, 15) is 14.4 Å². The van der Waals surface area contributed by atoms with E-state index >= 15 is 0 Å². The van der Waals surface area contributed by atoms with Gasteiger partial charge >= 0.3 is 0 Å². The van der Waals surface area contributed by atoms with Crippen LogP contribution in [0.2, 0.25) is 0 Å². The van der Waals surface area contributed by atoms with Gasteiger partial charge in [-0.05, 0) is 18.2 Å². The lowest BCUT2D eigenvalue weighted by Crippen LogP contribution is -2.29. The molecular formula is C21H17N5O3S. The summed E-state index contributed by atoms with van der Waals surface area (Å²) in [4.78, 5) is 40.4. The second-order valence-electron chi connectivity index (χ2n) is 6.54. The molecule has 0 aliphatic rings. The molecule has 0 radical (unpaired) electrons. The van der Waals surface area contributed by atoms with Crippen molar-refractivity contribution in [2.75, 3.05) is 10.6 Å². The van der Waals surface area contributed by atoms with Crippen molar-refractivity contribution in [3.05, 3.63) is 70.5 Å². The van der Waals surface area contributed by atoms with Crippen molar-refractivity contribution in [1.29, 1.82) is 0 Å². The second kappa shape index (κ2) is 8.26. The molecular weight excluding hydrogens is 402 g/mol. The number of thiazole rings is 1. The monoisotopic (exact) mass is 419 g/mol. The Morgan fingerprint density at radius 3 is 2.60 bits per heavy atom. The molecule has 0 aliphatic carbocycles. The lowest BCUT2D eigenvalue weighted by molar-refractivity contribution is -0.117. The summed E-state index contributed by atoms with van der Waals surface area (Å²) in [5.41, 5.74) is 1.93. The highest BCUT2D eigenvalue weighted by Gasteiger charge is 2.11. The average molecular weight is 419 g/mol. The maximum Gasteiger partial charge on any atom is 0.275 e. The molecule has 0 spiro atoms. The molecule has 2 aromatic carbocycles. The second-order valence-corrected chi connectivity index (χ2v) is 7.40. The van der Waals surface area contributed by atoms with E-state index in [1.807, 2.05) is 23.6 Å². The highest BCUT2D eigenvalue weighted by atomic mass is 32.1. The maximum atomic E-state index is 12.5. The zero-order valence-corrected chi connectivity index (χ0v) is 16.8. The van der Waals surface area contributed by atoms with Crippen LogP contribution in [0.4, 0.5) is 10.8 Å². The Hall–Kier alpha value is -3.85. The predicted octanol–water partition coefficient (Wildman–Crippen LogP) is 3.12. The fourth-order valence-electron chi connectivity index (χ4n) is 2.93. The number of carbonyl (C=O) groups excluding carboxylic acids is 2. The Morgan fingerprint density at radius 1 is 1.07 bits per heavy atom. The van der Waals surface area contributed by atoms with Crippen LogP contribution in [-0.2, 0) is 16.1 Å². The highest BCUT2D eigenvalue weighted by Crippen LogP contribution is 2.26. The van der Waals surface area contributed by atoms with Crippen molar-refractivity contribution < 1.29 is 9.59 Å². The van der Waals surface area contributed by atoms with Gasteiger partial charge in [-0.3, -0.25) is 14.4 Å². The van der Waals surface area contributed by atoms with Crippen molar-refractivity contribution in [2.45, 2.75) is 13.5 Å². The van der Waals surface area contributed by atoms with Gasteiger partial charge in [0.1, 0.15) is 6.54 Å². The van der Waals surface area contributed by atoms with Gasteiger partial charge in [0, 0.05) is 28.9 Å². The first kappa shape index (κ1) is 19.5. The normalized spacial score (nSPS) is 10.7. The van der Waals surface area contributed by atoms with Gasteiger partial charge < -0.3 is 10.6 Å². The largest absolute Gasteiger partial charge is 0.326 e.